The molecule has 6 nitrogen and oxygen atoms in total. The Kier molecular flexibility index (Phi) is 6.42. The number of aryl methyl sites for hydroxylation is 1. The summed E-state index contributed by atoms with van der Waals surface area (Å²) >= 11 is 0. The molecule has 0 bridgehead atoms. The fourth-order valence-electron chi connectivity index (χ4n) is 6.09. The van der Waals surface area contributed by atoms with Crippen LogP contribution in [0.4, 0.5) is 13.2 Å². The molecule has 1 saturated heterocycles. The summed E-state index contributed by atoms with van der Waals surface area (Å²) < 4.78 is 45.0. The topological polar surface area (TPSA) is 58.3 Å². The standard InChI is InChI=1S/C29H32F3N5O/c1-19-15-33-34-27(19)26(21-7-5-8-21)22-9-6-10-23(14-22)36-18-25-24(29(30,31)32)13-20(17-37(25)28(36)38)16-35-11-3-2-4-12-35/h6,9-10,13-15,17-18,21,26H,2-5,7-8,11-12,16H2,1H3,(H,33,34). The molecule has 9 heteroatoms. The largest absolute Gasteiger partial charge is 0.418 e. The second-order valence-electron chi connectivity index (χ2n) is 10.9. The average Bonchev–Trinajstić information content (AvgIpc) is 3.44. The Morgan fingerprint density at radius 3 is 2.53 bits per heavy atom. The van der Waals surface area contributed by atoms with Gasteiger partial charge in [-0.1, -0.05) is 25.0 Å². The summed E-state index contributed by atoms with van der Waals surface area (Å²) in [6.45, 7) is 4.15. The Morgan fingerprint density at radius 2 is 1.87 bits per heavy atom. The van der Waals surface area contributed by atoms with E-state index in [1.807, 2.05) is 31.3 Å². The van der Waals surface area contributed by atoms with Crippen molar-refractivity contribution in [2.45, 2.75) is 64.1 Å². The van der Waals surface area contributed by atoms with Gasteiger partial charge >= 0.3 is 11.9 Å². The highest BCUT2D eigenvalue weighted by atomic mass is 19.4. The smallest absolute Gasteiger partial charge is 0.299 e. The molecule has 1 N–H and O–H groups in total. The number of alkyl halides is 3. The summed E-state index contributed by atoms with van der Waals surface area (Å²) in [5, 5.41) is 7.48. The average molecular weight is 524 g/mol. The normalized spacial score (nSPS) is 18.1. The van der Waals surface area contributed by atoms with Crippen LogP contribution in [0.3, 0.4) is 0 Å². The Hall–Kier alpha value is -3.33. The molecular formula is C29H32F3N5O. The summed E-state index contributed by atoms with van der Waals surface area (Å²) in [6, 6.07) is 8.82. The minimum Gasteiger partial charge on any atom is -0.299 e. The molecule has 1 atom stereocenters. The fraction of sp³-hybridized carbons (Fsp3) is 0.448. The number of imidazole rings is 1. The van der Waals surface area contributed by atoms with Gasteiger partial charge in [-0.05, 0) is 86.5 Å². The predicted octanol–water partition coefficient (Wildman–Crippen LogP) is 6.06. The van der Waals surface area contributed by atoms with Gasteiger partial charge in [0.1, 0.15) is 0 Å². The van der Waals surface area contributed by atoms with Gasteiger partial charge < -0.3 is 0 Å². The molecule has 3 aromatic heterocycles. The molecule has 38 heavy (non-hydrogen) atoms. The second kappa shape index (κ2) is 9.76. The molecule has 0 radical (unpaired) electrons. The second-order valence-corrected chi connectivity index (χ2v) is 10.9. The maximum atomic E-state index is 14.2. The number of hydrogen-bond donors (Lipinski definition) is 1. The van der Waals surface area contributed by atoms with Gasteiger partial charge in [0, 0.05) is 31.1 Å². The van der Waals surface area contributed by atoms with Crippen molar-refractivity contribution in [1.29, 1.82) is 0 Å². The summed E-state index contributed by atoms with van der Waals surface area (Å²) in [5.74, 6) is 0.524. The number of piperidine rings is 1. The summed E-state index contributed by atoms with van der Waals surface area (Å²) in [6.07, 6.45) is 6.83. The van der Waals surface area contributed by atoms with Crippen molar-refractivity contribution in [2.75, 3.05) is 13.1 Å². The first-order valence-corrected chi connectivity index (χ1v) is 13.5. The summed E-state index contributed by atoms with van der Waals surface area (Å²) in [5.41, 5.74) is 2.73. The van der Waals surface area contributed by atoms with Crippen molar-refractivity contribution in [3.05, 3.63) is 87.4 Å². The quantitative estimate of drug-likeness (QED) is 0.334. The lowest BCUT2D eigenvalue weighted by Crippen LogP contribution is -2.29. The first kappa shape index (κ1) is 25.0. The molecule has 0 spiro atoms. The first-order valence-electron chi connectivity index (χ1n) is 13.5. The number of aromatic nitrogens is 4. The Morgan fingerprint density at radius 1 is 1.08 bits per heavy atom. The number of halogens is 3. The fourth-order valence-corrected chi connectivity index (χ4v) is 6.09. The van der Waals surface area contributed by atoms with Gasteiger partial charge in [-0.3, -0.25) is 19.0 Å². The van der Waals surface area contributed by atoms with Crippen LogP contribution in [-0.4, -0.2) is 37.2 Å². The van der Waals surface area contributed by atoms with Crippen LogP contribution >= 0.6 is 0 Å². The zero-order chi connectivity index (χ0) is 26.4. The van der Waals surface area contributed by atoms with Gasteiger partial charge in [-0.2, -0.15) is 18.3 Å². The molecule has 200 valence electrons. The van der Waals surface area contributed by atoms with Crippen LogP contribution in [0.15, 0.2) is 53.7 Å². The molecule has 2 fully saturated rings. The van der Waals surface area contributed by atoms with Crippen molar-refractivity contribution in [3.63, 3.8) is 0 Å². The van der Waals surface area contributed by atoms with Crippen molar-refractivity contribution < 1.29 is 13.2 Å². The Balaban J connectivity index is 1.43. The van der Waals surface area contributed by atoms with Crippen LogP contribution in [0.5, 0.6) is 0 Å². The number of hydrogen-bond acceptors (Lipinski definition) is 3. The van der Waals surface area contributed by atoms with Crippen molar-refractivity contribution in [1.82, 2.24) is 24.1 Å². The molecule has 1 aliphatic heterocycles. The zero-order valence-corrected chi connectivity index (χ0v) is 21.5. The van der Waals surface area contributed by atoms with E-state index in [0.717, 1.165) is 66.4 Å². The van der Waals surface area contributed by atoms with Gasteiger partial charge in [0.2, 0.25) is 0 Å². The third kappa shape index (κ3) is 4.57. The molecule has 1 unspecified atom stereocenters. The number of nitrogens with zero attached hydrogens (tertiary/aromatic N) is 4. The van der Waals surface area contributed by atoms with E-state index < -0.39 is 17.4 Å². The van der Waals surface area contributed by atoms with Gasteiger partial charge in [0.15, 0.2) is 0 Å². The lowest BCUT2D eigenvalue weighted by molar-refractivity contribution is -0.136. The van der Waals surface area contributed by atoms with Crippen molar-refractivity contribution in [3.8, 4) is 5.69 Å². The van der Waals surface area contributed by atoms with Crippen LogP contribution in [0.25, 0.3) is 11.2 Å². The molecular weight excluding hydrogens is 491 g/mol. The van der Waals surface area contributed by atoms with Crippen LogP contribution in [0, 0.1) is 12.8 Å². The van der Waals surface area contributed by atoms with Crippen LogP contribution < -0.4 is 5.69 Å². The molecule has 1 aliphatic carbocycles. The minimum absolute atomic E-state index is 0.0737. The number of H-pyrrole nitrogens is 1. The Bertz CT molecular complexity index is 1500. The zero-order valence-electron chi connectivity index (χ0n) is 21.5. The number of rotatable bonds is 6. The molecule has 4 heterocycles. The molecule has 6 rings (SSSR count). The van der Waals surface area contributed by atoms with Gasteiger partial charge in [-0.15, -0.1) is 0 Å². The number of pyridine rings is 1. The summed E-state index contributed by atoms with van der Waals surface area (Å²) in [4.78, 5) is 15.7. The van der Waals surface area contributed by atoms with E-state index in [1.165, 1.54) is 23.3 Å². The van der Waals surface area contributed by atoms with E-state index in [1.54, 1.807) is 12.3 Å². The van der Waals surface area contributed by atoms with E-state index in [-0.39, 0.29) is 11.4 Å². The van der Waals surface area contributed by atoms with E-state index in [0.29, 0.717) is 23.7 Å². The van der Waals surface area contributed by atoms with Crippen LogP contribution in [0.2, 0.25) is 0 Å². The minimum atomic E-state index is -4.57. The Labute approximate surface area is 219 Å². The van der Waals surface area contributed by atoms with Gasteiger partial charge in [0.05, 0.1) is 22.5 Å². The van der Waals surface area contributed by atoms with E-state index in [2.05, 4.69) is 15.1 Å². The third-order valence-corrected chi connectivity index (χ3v) is 8.28. The molecule has 1 aromatic carbocycles. The van der Waals surface area contributed by atoms with Crippen LogP contribution in [0.1, 0.15) is 72.4 Å². The van der Waals surface area contributed by atoms with Crippen LogP contribution in [-0.2, 0) is 12.7 Å². The lowest BCUT2D eigenvalue weighted by Gasteiger charge is -2.33. The van der Waals surface area contributed by atoms with E-state index >= 15 is 0 Å². The third-order valence-electron chi connectivity index (χ3n) is 8.28. The molecule has 0 amide bonds. The van der Waals surface area contributed by atoms with Gasteiger partial charge in [0.25, 0.3) is 0 Å². The molecule has 4 aromatic rings. The highest BCUT2D eigenvalue weighted by Crippen LogP contribution is 2.44. The number of nitrogens with one attached hydrogen (secondary N) is 1. The first-order chi connectivity index (χ1) is 18.3. The van der Waals surface area contributed by atoms with E-state index in [9.17, 15) is 18.0 Å². The molecule has 2 aliphatic rings. The number of likely N-dealkylation sites (tertiary alicyclic amines) is 1. The number of benzene rings is 1. The highest BCUT2D eigenvalue weighted by Gasteiger charge is 2.35. The molecule has 1 saturated carbocycles. The predicted molar refractivity (Wildman–Crippen MR) is 140 cm³/mol. The monoisotopic (exact) mass is 523 g/mol. The highest BCUT2D eigenvalue weighted by molar-refractivity contribution is 5.58. The summed E-state index contributed by atoms with van der Waals surface area (Å²) in [7, 11) is 0. The lowest BCUT2D eigenvalue weighted by atomic mass is 9.71. The number of fused-ring (bicyclic) bond motifs is 1. The van der Waals surface area contributed by atoms with Crippen molar-refractivity contribution >= 4 is 5.52 Å². The van der Waals surface area contributed by atoms with E-state index in [4.69, 9.17) is 0 Å². The van der Waals surface area contributed by atoms with Gasteiger partial charge in [-0.25, -0.2) is 4.79 Å². The maximum absolute atomic E-state index is 14.2. The number of aromatic amines is 1. The SMILES string of the molecule is Cc1c[nH]nc1C(c1cccc(-n2cc3c(C(F)(F)F)cc(CN4CCCCC4)cn3c2=O)c1)C1CCC1. The van der Waals surface area contributed by atoms with Crippen molar-refractivity contribution in [2.24, 2.45) is 5.92 Å². The maximum Gasteiger partial charge on any atom is 0.418 e.